The first-order chi connectivity index (χ1) is 21.8. The number of phosphoric acid groups is 2. The second-order valence-electron chi connectivity index (χ2n) is 11.6. The van der Waals surface area contributed by atoms with E-state index >= 15 is 0 Å². The topological polar surface area (TPSA) is 312 Å². The van der Waals surface area contributed by atoms with E-state index in [0.717, 1.165) is 21.5 Å². The summed E-state index contributed by atoms with van der Waals surface area (Å²) in [6, 6.07) is 2.48. The molecule has 2 fully saturated rings. The zero-order valence-corrected chi connectivity index (χ0v) is 27.1. The first kappa shape index (κ1) is 37.2. The van der Waals surface area contributed by atoms with Gasteiger partial charge in [0.2, 0.25) is 0 Å². The summed E-state index contributed by atoms with van der Waals surface area (Å²) in [6.07, 6.45) is -10.6. The van der Waals surface area contributed by atoms with Crippen LogP contribution in [0, 0.1) is 0 Å². The van der Waals surface area contributed by atoms with Gasteiger partial charge in [0.1, 0.15) is 61.4 Å². The van der Waals surface area contributed by atoms with Gasteiger partial charge in [-0.15, -0.1) is 0 Å². The molecule has 0 aromatic carbocycles. The molecule has 2 aromatic rings. The van der Waals surface area contributed by atoms with Gasteiger partial charge in [-0.1, -0.05) is 0 Å². The molecule has 0 spiro atoms. The smallest absolute Gasteiger partial charge is 0.387 e. The van der Waals surface area contributed by atoms with Gasteiger partial charge in [0, 0.05) is 12.4 Å². The molecule has 4 rings (SSSR count). The number of phosphoric ester groups is 2. The Kier molecular flexibility index (Phi) is 11.4. The molecule has 4 heterocycles. The monoisotopic (exact) mass is 714 g/mol. The van der Waals surface area contributed by atoms with Crippen LogP contribution in [0.3, 0.4) is 0 Å². The molecule has 9 atom stereocenters. The molecule has 0 amide bonds. The molecule has 0 aliphatic carbocycles. The molecular formula is C23H38N7O15P2+. The summed E-state index contributed by atoms with van der Waals surface area (Å²) in [5.74, 6) is -0.224. The highest BCUT2D eigenvalue weighted by Crippen LogP contribution is 2.64. The van der Waals surface area contributed by atoms with Crippen LogP contribution in [0.1, 0.15) is 12.5 Å². The van der Waals surface area contributed by atoms with Gasteiger partial charge in [0.25, 0.3) is 0 Å². The lowest BCUT2D eigenvalue weighted by Crippen LogP contribution is -2.37. The number of anilines is 2. The number of rotatable bonds is 14. The number of aromatic nitrogens is 4. The van der Waals surface area contributed by atoms with Crippen LogP contribution in [0.2, 0.25) is 0 Å². The summed E-state index contributed by atoms with van der Waals surface area (Å²) in [7, 11) is -5.08. The van der Waals surface area contributed by atoms with Gasteiger partial charge in [-0.05, 0) is 12.1 Å². The van der Waals surface area contributed by atoms with E-state index in [1.807, 2.05) is 0 Å². The lowest BCUT2D eigenvalue weighted by molar-refractivity contribution is -0.870. The van der Waals surface area contributed by atoms with Crippen molar-refractivity contribution in [3.63, 3.8) is 0 Å². The van der Waals surface area contributed by atoms with Gasteiger partial charge < -0.3 is 50.7 Å². The number of aliphatic hydroxyl groups excluding tert-OH is 4. The molecule has 2 saturated heterocycles. The van der Waals surface area contributed by atoms with E-state index in [1.165, 1.54) is 12.1 Å². The molecule has 2 aliphatic rings. The number of nitrogens with zero attached hydrogens (tertiary/aromatic N) is 5. The van der Waals surface area contributed by atoms with Crippen LogP contribution in [0.15, 0.2) is 34.1 Å². The van der Waals surface area contributed by atoms with Crippen molar-refractivity contribution in [1.82, 2.24) is 19.1 Å². The Bertz CT molecular complexity index is 1530. The minimum Gasteiger partial charge on any atom is -0.387 e. The van der Waals surface area contributed by atoms with Gasteiger partial charge >= 0.3 is 27.0 Å². The van der Waals surface area contributed by atoms with Crippen LogP contribution < -0.4 is 22.8 Å². The number of nitrogen functional groups attached to an aromatic ring is 2. The molecule has 0 bridgehead atoms. The maximum atomic E-state index is 13.7. The number of hydrogen-bond acceptors (Lipinski definition) is 18. The quantitative estimate of drug-likeness (QED) is 0.0752. The lowest BCUT2D eigenvalue weighted by atomic mass is 10.1. The number of quaternary nitrogens is 1. The standard InChI is InChI=1S/C23H37N7O15P2/c1-30(2,3)8-9-40-46(37,38)45-47(39,41-10-12-16(31)18(33)20(43-12)28-6-4-14(24)26-22(28)35)42-11-13-17(32)19(34)21(44-13)29-7-5-15(25)27-23(29)36/h4-7,12-13,16-21,31-34H,8-11H2,1-3H3,(H4-,24,25,26,27,35,36,37,38)/p+1/t12-,13-,16-,17-,18-,19-,20-,21-/m1/s1. The van der Waals surface area contributed by atoms with Gasteiger partial charge in [-0.2, -0.15) is 14.3 Å². The summed E-state index contributed by atoms with van der Waals surface area (Å²) >= 11 is 0. The summed E-state index contributed by atoms with van der Waals surface area (Å²) in [5, 5.41) is 42.2. The SMILES string of the molecule is C[N+](C)(C)CCOP(=O)(O)OP(=O)(OC[C@H]1O[C@@H](n2ccc(N)nc2=O)[C@H](O)[C@@H]1O)OC[C@H]1O[C@@H](n2ccc(N)nc2=O)[C@H](O)[C@@H]1O. The zero-order valence-electron chi connectivity index (χ0n) is 25.4. The molecule has 2 aromatic heterocycles. The van der Waals surface area contributed by atoms with Gasteiger partial charge in [0.15, 0.2) is 12.5 Å². The second-order valence-corrected chi connectivity index (χ2v) is 14.9. The molecule has 24 heteroatoms. The Morgan fingerprint density at radius 1 is 0.809 bits per heavy atom. The van der Waals surface area contributed by atoms with E-state index < -0.39 is 89.3 Å². The Labute approximate surface area is 266 Å². The highest BCUT2D eigenvalue weighted by molar-refractivity contribution is 7.61. The van der Waals surface area contributed by atoms with Crippen molar-refractivity contribution < 1.29 is 66.3 Å². The third kappa shape index (κ3) is 9.28. The van der Waals surface area contributed by atoms with E-state index in [0.29, 0.717) is 4.48 Å². The predicted molar refractivity (Wildman–Crippen MR) is 157 cm³/mol. The number of aliphatic hydroxyl groups is 4. The van der Waals surface area contributed by atoms with Crippen LogP contribution in [-0.4, -0.2) is 133 Å². The molecule has 264 valence electrons. The third-order valence-corrected chi connectivity index (χ3v) is 10.0. The van der Waals surface area contributed by atoms with Crippen LogP contribution in [-0.2, 0) is 36.5 Å². The molecule has 0 saturated carbocycles. The summed E-state index contributed by atoms with van der Waals surface area (Å²) in [5.41, 5.74) is 9.13. The van der Waals surface area contributed by atoms with Gasteiger partial charge in [-0.3, -0.25) is 22.7 Å². The van der Waals surface area contributed by atoms with Crippen LogP contribution in [0.5, 0.6) is 0 Å². The van der Waals surface area contributed by atoms with Crippen molar-refractivity contribution in [1.29, 1.82) is 0 Å². The predicted octanol–water partition coefficient (Wildman–Crippen LogP) is -3.12. The maximum Gasteiger partial charge on any atom is 0.483 e. The van der Waals surface area contributed by atoms with Crippen molar-refractivity contribution in [3.8, 4) is 0 Å². The van der Waals surface area contributed by atoms with Crippen molar-refractivity contribution in [2.75, 3.05) is 59.0 Å². The van der Waals surface area contributed by atoms with Crippen molar-refractivity contribution in [3.05, 3.63) is 45.5 Å². The van der Waals surface area contributed by atoms with Crippen molar-refractivity contribution in [2.24, 2.45) is 0 Å². The molecule has 9 N–H and O–H groups in total. The number of nitrogens with two attached hydrogens (primary N) is 2. The zero-order chi connectivity index (χ0) is 34.9. The largest absolute Gasteiger partial charge is 0.483 e. The fourth-order valence-electron chi connectivity index (χ4n) is 4.43. The third-order valence-electron chi connectivity index (χ3n) is 6.94. The highest BCUT2D eigenvalue weighted by atomic mass is 31.3. The lowest BCUT2D eigenvalue weighted by Gasteiger charge is -2.26. The molecule has 47 heavy (non-hydrogen) atoms. The Morgan fingerprint density at radius 3 is 1.62 bits per heavy atom. The molecule has 2 aliphatic heterocycles. The normalized spacial score (nSPS) is 29.6. The van der Waals surface area contributed by atoms with Crippen LogP contribution in [0.4, 0.5) is 11.6 Å². The first-order valence-corrected chi connectivity index (χ1v) is 16.9. The van der Waals surface area contributed by atoms with E-state index in [2.05, 4.69) is 9.97 Å². The number of ether oxygens (including phenoxy) is 2. The summed E-state index contributed by atoms with van der Waals surface area (Å²) < 4.78 is 59.7. The average Bonchev–Trinajstić information content (AvgIpc) is 3.39. The average molecular weight is 715 g/mol. The van der Waals surface area contributed by atoms with E-state index in [4.69, 9.17) is 38.8 Å². The minimum absolute atomic E-state index is 0.112. The Balaban J connectivity index is 1.50. The summed E-state index contributed by atoms with van der Waals surface area (Å²) in [6.45, 7) is -1.92. The van der Waals surface area contributed by atoms with Gasteiger partial charge in [-0.25, -0.2) is 18.7 Å². The van der Waals surface area contributed by atoms with Crippen molar-refractivity contribution in [2.45, 2.75) is 49.1 Å². The van der Waals surface area contributed by atoms with Gasteiger partial charge in [0.05, 0.1) is 34.4 Å². The van der Waals surface area contributed by atoms with E-state index in [-0.39, 0.29) is 24.8 Å². The van der Waals surface area contributed by atoms with Crippen molar-refractivity contribution >= 4 is 27.3 Å². The van der Waals surface area contributed by atoms with Crippen LogP contribution in [0.25, 0.3) is 0 Å². The fourth-order valence-corrected chi connectivity index (χ4v) is 7.05. The highest BCUT2D eigenvalue weighted by Gasteiger charge is 2.49. The molecular weight excluding hydrogens is 676 g/mol. The maximum absolute atomic E-state index is 13.7. The van der Waals surface area contributed by atoms with E-state index in [1.54, 1.807) is 21.1 Å². The second kappa shape index (κ2) is 14.4. The van der Waals surface area contributed by atoms with Crippen LogP contribution >= 0.6 is 15.6 Å². The number of likely N-dealkylation sites (N-methyl/N-ethyl adjacent to an activating group) is 1. The Hall–Kier alpha value is -2.66. The number of hydrogen-bond donors (Lipinski definition) is 7. The van der Waals surface area contributed by atoms with E-state index in [9.17, 15) is 44.0 Å². The molecule has 22 nitrogen and oxygen atoms in total. The minimum atomic E-state index is -5.22. The first-order valence-electron chi connectivity index (χ1n) is 13.9. The Morgan fingerprint density at radius 2 is 1.23 bits per heavy atom. The molecule has 0 radical (unpaired) electrons. The summed E-state index contributed by atoms with van der Waals surface area (Å²) in [4.78, 5) is 41.9. The fraction of sp³-hybridized carbons (Fsp3) is 0.652. The molecule has 1 unspecified atom stereocenters.